The number of nitrogens with two attached hydrogens (primary N) is 1. The summed E-state index contributed by atoms with van der Waals surface area (Å²) in [5.41, 5.74) is 6.52. The maximum Gasteiger partial charge on any atom is 0.253 e. The Morgan fingerprint density at radius 1 is 1.28 bits per heavy atom. The first kappa shape index (κ1) is 19.3. The Hall–Kier alpha value is -2.04. The van der Waals surface area contributed by atoms with Crippen molar-refractivity contribution < 1.29 is 14.1 Å². The van der Waals surface area contributed by atoms with E-state index in [2.05, 4.69) is 10.3 Å². The lowest BCUT2D eigenvalue weighted by atomic mass is 10.2. The molecule has 0 saturated heterocycles. The Morgan fingerprint density at radius 3 is 2.52 bits per heavy atom. The minimum Gasteiger partial charge on any atom is -0.495 e. The van der Waals surface area contributed by atoms with Crippen LogP contribution in [0.5, 0.6) is 5.75 Å². The Kier molecular flexibility index (Phi) is 6.09. The number of amides is 1. The lowest BCUT2D eigenvalue weighted by Crippen LogP contribution is -2.15. The van der Waals surface area contributed by atoms with Crippen LogP contribution in [0.15, 0.2) is 30.5 Å². The Bertz CT molecular complexity index is 834. The number of ether oxygens (including phenoxy) is 1. The molecule has 0 aliphatic rings. The molecule has 1 heterocycles. The molecular weight excluding hydrogens is 361 g/mol. The predicted molar refractivity (Wildman–Crippen MR) is 102 cm³/mol. The largest absolute Gasteiger partial charge is 0.495 e. The third-order valence-electron chi connectivity index (χ3n) is 4.10. The smallest absolute Gasteiger partial charge is 0.253 e. The zero-order chi connectivity index (χ0) is 18.6. The minimum atomic E-state index is -2.42. The molecule has 1 amide bonds. The summed E-state index contributed by atoms with van der Waals surface area (Å²) in [4.78, 5) is 15.5. The number of pyridine rings is 1. The summed E-state index contributed by atoms with van der Waals surface area (Å²) in [7, 11) is -0.893. The van der Waals surface area contributed by atoms with Gasteiger partial charge < -0.3 is 20.4 Å². The van der Waals surface area contributed by atoms with Gasteiger partial charge in [-0.1, -0.05) is 25.4 Å². The number of methoxy groups -OCH3 is 1. The molecular formula is C17H21ClN3O3P. The van der Waals surface area contributed by atoms with Crippen molar-refractivity contribution in [2.75, 3.05) is 24.8 Å². The Morgan fingerprint density at radius 2 is 1.96 bits per heavy atom. The van der Waals surface area contributed by atoms with Gasteiger partial charge in [0.1, 0.15) is 18.0 Å². The average Bonchev–Trinajstić information content (AvgIpc) is 2.61. The fourth-order valence-corrected chi connectivity index (χ4v) is 4.67. The molecule has 1 aromatic carbocycles. The lowest BCUT2D eigenvalue weighted by molar-refractivity contribution is 0.100. The van der Waals surface area contributed by atoms with Crippen molar-refractivity contribution in [3.05, 3.63) is 41.2 Å². The summed E-state index contributed by atoms with van der Waals surface area (Å²) in [5, 5.41) is 3.88. The number of nitrogens with zero attached hydrogens (tertiary/aromatic N) is 1. The van der Waals surface area contributed by atoms with Gasteiger partial charge >= 0.3 is 0 Å². The normalized spacial score (nSPS) is 11.2. The molecule has 6 nitrogen and oxygen atoms in total. The van der Waals surface area contributed by atoms with Gasteiger partial charge in [0.15, 0.2) is 0 Å². The van der Waals surface area contributed by atoms with Gasteiger partial charge in [0, 0.05) is 23.8 Å². The number of rotatable bonds is 7. The number of hydrogen-bond donors (Lipinski definition) is 2. The zero-order valence-corrected chi connectivity index (χ0v) is 16.0. The highest BCUT2D eigenvalue weighted by Gasteiger charge is 2.22. The van der Waals surface area contributed by atoms with E-state index in [0.717, 1.165) is 5.30 Å². The highest BCUT2D eigenvalue weighted by molar-refractivity contribution is 7.71. The predicted octanol–water partition coefficient (Wildman–Crippen LogP) is 3.61. The number of primary amides is 1. The van der Waals surface area contributed by atoms with Crippen molar-refractivity contribution in [1.82, 2.24) is 4.98 Å². The molecule has 0 saturated carbocycles. The summed E-state index contributed by atoms with van der Waals surface area (Å²) >= 11 is 5.97. The zero-order valence-electron chi connectivity index (χ0n) is 14.4. The van der Waals surface area contributed by atoms with Crippen molar-refractivity contribution >= 4 is 41.3 Å². The first-order chi connectivity index (χ1) is 11.9. The Labute approximate surface area is 152 Å². The average molecular weight is 382 g/mol. The van der Waals surface area contributed by atoms with Crippen LogP contribution in [0, 0.1) is 0 Å². The van der Waals surface area contributed by atoms with Crippen LogP contribution < -0.4 is 21.1 Å². The Balaban J connectivity index is 2.47. The highest BCUT2D eigenvalue weighted by Crippen LogP contribution is 2.45. The van der Waals surface area contributed by atoms with Gasteiger partial charge in [-0.2, -0.15) is 0 Å². The fraction of sp³-hybridized carbons (Fsp3) is 0.294. The van der Waals surface area contributed by atoms with Crippen LogP contribution in [0.4, 0.5) is 11.4 Å². The van der Waals surface area contributed by atoms with Gasteiger partial charge in [-0.05, 0) is 24.3 Å². The number of nitrogens with one attached hydrogen (secondary N) is 1. The number of anilines is 2. The van der Waals surface area contributed by atoms with Crippen LogP contribution in [0.2, 0.25) is 5.15 Å². The van der Waals surface area contributed by atoms with Crippen LogP contribution in [0.1, 0.15) is 24.2 Å². The van der Waals surface area contributed by atoms with E-state index < -0.39 is 13.0 Å². The summed E-state index contributed by atoms with van der Waals surface area (Å²) in [6, 6.07) is 6.95. The molecule has 1 aromatic heterocycles. The summed E-state index contributed by atoms with van der Waals surface area (Å²) < 4.78 is 18.3. The van der Waals surface area contributed by atoms with Crippen LogP contribution in [-0.4, -0.2) is 30.3 Å². The number of carbonyl (C=O) groups excluding carboxylic acids is 1. The number of aromatic nitrogens is 1. The molecule has 3 N–H and O–H groups in total. The van der Waals surface area contributed by atoms with Crippen molar-refractivity contribution in [2.45, 2.75) is 13.8 Å². The SMILES string of the molecule is CCP(=O)(CC)c1ccc(Nc2ccnc(Cl)c2C(N)=O)c(OC)c1. The van der Waals surface area contributed by atoms with Crippen molar-refractivity contribution in [3.8, 4) is 5.75 Å². The van der Waals surface area contributed by atoms with Gasteiger partial charge in [-0.3, -0.25) is 4.79 Å². The number of hydrogen-bond acceptors (Lipinski definition) is 5. The van der Waals surface area contributed by atoms with Gasteiger partial charge in [0.05, 0.1) is 24.0 Å². The topological polar surface area (TPSA) is 94.3 Å². The first-order valence-electron chi connectivity index (χ1n) is 7.84. The second-order valence-electron chi connectivity index (χ2n) is 5.42. The molecule has 2 rings (SSSR count). The van der Waals surface area contributed by atoms with Gasteiger partial charge in [-0.15, -0.1) is 0 Å². The molecule has 0 atom stereocenters. The summed E-state index contributed by atoms with van der Waals surface area (Å²) in [6.07, 6.45) is 2.65. The molecule has 25 heavy (non-hydrogen) atoms. The van der Waals surface area contributed by atoms with Gasteiger partial charge in [0.25, 0.3) is 5.91 Å². The first-order valence-corrected chi connectivity index (χ1v) is 10.3. The van der Waals surface area contributed by atoms with E-state index in [1.54, 1.807) is 18.2 Å². The highest BCUT2D eigenvalue weighted by atomic mass is 35.5. The van der Waals surface area contributed by atoms with Gasteiger partial charge in [-0.25, -0.2) is 4.98 Å². The van der Waals surface area contributed by atoms with Crippen LogP contribution in [0.25, 0.3) is 0 Å². The number of carbonyl (C=O) groups is 1. The summed E-state index contributed by atoms with van der Waals surface area (Å²) in [6.45, 7) is 3.84. The molecule has 0 bridgehead atoms. The second-order valence-corrected chi connectivity index (χ2v) is 9.34. The van der Waals surface area contributed by atoms with Crippen molar-refractivity contribution in [3.63, 3.8) is 0 Å². The van der Waals surface area contributed by atoms with E-state index >= 15 is 0 Å². The van der Waals surface area contributed by atoms with Crippen LogP contribution >= 0.6 is 18.7 Å². The van der Waals surface area contributed by atoms with E-state index in [0.29, 0.717) is 29.4 Å². The molecule has 0 spiro atoms. The number of benzene rings is 1. The molecule has 8 heteroatoms. The molecule has 0 aliphatic heterocycles. The maximum atomic E-state index is 12.9. The van der Waals surface area contributed by atoms with E-state index in [1.165, 1.54) is 13.3 Å². The van der Waals surface area contributed by atoms with E-state index in [9.17, 15) is 9.36 Å². The van der Waals surface area contributed by atoms with E-state index in [-0.39, 0.29) is 10.7 Å². The van der Waals surface area contributed by atoms with Crippen molar-refractivity contribution in [2.24, 2.45) is 5.73 Å². The van der Waals surface area contributed by atoms with Crippen molar-refractivity contribution in [1.29, 1.82) is 0 Å². The third kappa shape index (κ3) is 3.97. The molecule has 2 aromatic rings. The lowest BCUT2D eigenvalue weighted by Gasteiger charge is -2.18. The fourth-order valence-electron chi connectivity index (χ4n) is 2.55. The number of halogens is 1. The molecule has 0 radical (unpaired) electrons. The standard InChI is InChI=1S/C17H21ClN3O3P/c1-4-25(23,5-2)11-6-7-12(14(10-11)24-3)21-13-8-9-20-16(18)15(13)17(19)22/h6-10H,4-5H2,1-3H3,(H2,19,22)(H,20,21). The molecule has 0 aliphatic carbocycles. The van der Waals surface area contributed by atoms with Crippen LogP contribution in [0.3, 0.4) is 0 Å². The molecule has 134 valence electrons. The van der Waals surface area contributed by atoms with E-state index in [4.69, 9.17) is 22.1 Å². The maximum absolute atomic E-state index is 12.9. The monoisotopic (exact) mass is 381 g/mol. The second kappa shape index (κ2) is 7.89. The minimum absolute atomic E-state index is 0.0227. The van der Waals surface area contributed by atoms with E-state index in [1.807, 2.05) is 19.9 Å². The molecule has 0 fully saturated rings. The molecule has 0 unspecified atom stereocenters. The summed E-state index contributed by atoms with van der Waals surface area (Å²) in [5.74, 6) is -0.166. The van der Waals surface area contributed by atoms with Crippen LogP contribution in [-0.2, 0) is 4.57 Å². The quantitative estimate of drug-likeness (QED) is 0.564. The van der Waals surface area contributed by atoms with Gasteiger partial charge in [0.2, 0.25) is 0 Å². The third-order valence-corrected chi connectivity index (χ3v) is 7.65.